The van der Waals surface area contributed by atoms with E-state index in [2.05, 4.69) is 26.4 Å². The molecule has 1 amide bonds. The van der Waals surface area contributed by atoms with Crippen molar-refractivity contribution < 1.29 is 9.18 Å². The molecule has 3 rings (SSSR count). The first-order valence-corrected chi connectivity index (χ1v) is 11.3. The van der Waals surface area contributed by atoms with Gasteiger partial charge in [-0.05, 0) is 49.4 Å². The Balaban J connectivity index is 1.67. The number of rotatable bonds is 9. The Morgan fingerprint density at radius 1 is 1.35 bits per heavy atom. The number of carbonyl (C=O) groups is 1. The van der Waals surface area contributed by atoms with Crippen LogP contribution < -0.4 is 16.8 Å². The van der Waals surface area contributed by atoms with Gasteiger partial charge in [0.2, 0.25) is 11.9 Å². The van der Waals surface area contributed by atoms with E-state index in [-0.39, 0.29) is 24.0 Å². The zero-order valence-corrected chi connectivity index (χ0v) is 19.4. The SMILES string of the molecule is N#CCC1(N=CC(C(N)=O)C(N)=Nc2ccnc(F)c2)CCC(NCc2cccc(Cl)c2)CC1. The van der Waals surface area contributed by atoms with Crippen LogP contribution in [-0.2, 0) is 11.3 Å². The molecule has 1 aromatic carbocycles. The first-order chi connectivity index (χ1) is 16.3. The zero-order valence-electron chi connectivity index (χ0n) is 18.6. The fourth-order valence-electron chi connectivity index (χ4n) is 3.98. The topological polar surface area (TPSA) is 143 Å². The van der Waals surface area contributed by atoms with E-state index in [4.69, 9.17) is 23.1 Å². The van der Waals surface area contributed by atoms with Gasteiger partial charge < -0.3 is 16.8 Å². The van der Waals surface area contributed by atoms with E-state index in [9.17, 15) is 14.4 Å². The summed E-state index contributed by atoms with van der Waals surface area (Å²) in [5.41, 5.74) is 12.2. The fourth-order valence-corrected chi connectivity index (χ4v) is 4.19. The number of aliphatic imine (C=N–C) groups is 2. The number of halogens is 2. The van der Waals surface area contributed by atoms with Gasteiger partial charge >= 0.3 is 0 Å². The minimum Gasteiger partial charge on any atom is -0.386 e. The molecule has 0 aliphatic heterocycles. The highest BCUT2D eigenvalue weighted by atomic mass is 35.5. The van der Waals surface area contributed by atoms with Crippen LogP contribution in [0.5, 0.6) is 0 Å². The number of aromatic nitrogens is 1. The lowest BCUT2D eigenvalue weighted by atomic mass is 9.78. The molecule has 8 nitrogen and oxygen atoms in total. The first kappa shape index (κ1) is 25.3. The molecule has 2 aromatic rings. The molecule has 0 bridgehead atoms. The van der Waals surface area contributed by atoms with E-state index < -0.39 is 23.3 Å². The Labute approximate surface area is 202 Å². The van der Waals surface area contributed by atoms with Gasteiger partial charge in [0.05, 0.1) is 23.7 Å². The predicted octanol–water partition coefficient (Wildman–Crippen LogP) is 3.42. The molecule has 1 saturated carbocycles. The van der Waals surface area contributed by atoms with Gasteiger partial charge in [-0.15, -0.1) is 0 Å². The van der Waals surface area contributed by atoms with Crippen molar-refractivity contribution in [3.8, 4) is 6.07 Å². The number of hydrogen-bond donors (Lipinski definition) is 3. The van der Waals surface area contributed by atoms with Crippen LogP contribution in [0.1, 0.15) is 37.7 Å². The highest BCUT2D eigenvalue weighted by molar-refractivity contribution is 6.30. The summed E-state index contributed by atoms with van der Waals surface area (Å²) in [6.45, 7) is 0.700. The molecule has 0 radical (unpaired) electrons. The summed E-state index contributed by atoms with van der Waals surface area (Å²) in [5.74, 6) is -2.63. The second-order valence-electron chi connectivity index (χ2n) is 8.38. The largest absolute Gasteiger partial charge is 0.386 e. The van der Waals surface area contributed by atoms with Crippen LogP contribution in [0.25, 0.3) is 0 Å². The maximum Gasteiger partial charge on any atom is 0.233 e. The maximum atomic E-state index is 13.3. The Morgan fingerprint density at radius 2 is 2.12 bits per heavy atom. The highest BCUT2D eigenvalue weighted by Crippen LogP contribution is 2.35. The molecule has 178 valence electrons. The van der Waals surface area contributed by atoms with Crippen LogP contribution in [0.4, 0.5) is 10.1 Å². The number of nitrogens with one attached hydrogen (secondary N) is 1. The molecule has 1 aliphatic rings. The van der Waals surface area contributed by atoms with E-state index in [0.29, 0.717) is 24.4 Å². The monoisotopic (exact) mass is 483 g/mol. The molecule has 1 atom stereocenters. The first-order valence-electron chi connectivity index (χ1n) is 11.0. The molecule has 1 heterocycles. The number of carbonyl (C=O) groups excluding carboxylic acids is 1. The molecule has 34 heavy (non-hydrogen) atoms. The van der Waals surface area contributed by atoms with Crippen molar-refractivity contribution in [1.29, 1.82) is 5.26 Å². The van der Waals surface area contributed by atoms with Gasteiger partial charge in [0.25, 0.3) is 0 Å². The van der Waals surface area contributed by atoms with Crippen molar-refractivity contribution in [3.63, 3.8) is 0 Å². The van der Waals surface area contributed by atoms with Gasteiger partial charge in [-0.3, -0.25) is 9.79 Å². The van der Waals surface area contributed by atoms with Gasteiger partial charge in [-0.1, -0.05) is 23.7 Å². The van der Waals surface area contributed by atoms with Crippen LogP contribution in [0.15, 0.2) is 52.6 Å². The number of nitrogens with zero attached hydrogens (tertiary/aromatic N) is 4. The van der Waals surface area contributed by atoms with Gasteiger partial charge in [0, 0.05) is 36.1 Å². The number of primary amides is 1. The van der Waals surface area contributed by atoms with E-state index in [1.807, 2.05) is 24.3 Å². The van der Waals surface area contributed by atoms with Gasteiger partial charge in [-0.2, -0.15) is 9.65 Å². The number of benzene rings is 1. The molecule has 1 aromatic heterocycles. The number of pyridine rings is 1. The average molecular weight is 484 g/mol. The molecular weight excluding hydrogens is 457 g/mol. The van der Waals surface area contributed by atoms with E-state index in [1.54, 1.807) is 0 Å². The van der Waals surface area contributed by atoms with Crippen LogP contribution >= 0.6 is 11.6 Å². The number of hydrogen-bond acceptors (Lipinski definition) is 6. The van der Waals surface area contributed by atoms with Crippen molar-refractivity contribution in [2.75, 3.05) is 0 Å². The van der Waals surface area contributed by atoms with Crippen LogP contribution in [0, 0.1) is 23.2 Å². The maximum absolute atomic E-state index is 13.3. The second kappa shape index (κ2) is 11.7. The Bertz CT molecular complexity index is 1110. The third kappa shape index (κ3) is 7.07. The Morgan fingerprint density at radius 3 is 2.76 bits per heavy atom. The van der Waals surface area contributed by atoms with E-state index in [0.717, 1.165) is 24.5 Å². The average Bonchev–Trinajstić information content (AvgIpc) is 2.79. The van der Waals surface area contributed by atoms with Crippen molar-refractivity contribution in [1.82, 2.24) is 10.3 Å². The lowest BCUT2D eigenvalue weighted by molar-refractivity contribution is -0.118. The number of nitrogens with two attached hydrogens (primary N) is 2. The summed E-state index contributed by atoms with van der Waals surface area (Å²) in [5, 5.41) is 13.6. The lowest BCUT2D eigenvalue weighted by Gasteiger charge is -2.36. The molecule has 5 N–H and O–H groups in total. The lowest BCUT2D eigenvalue weighted by Crippen LogP contribution is -2.41. The quantitative estimate of drug-likeness (QED) is 0.284. The summed E-state index contributed by atoms with van der Waals surface area (Å²) >= 11 is 6.05. The predicted molar refractivity (Wildman–Crippen MR) is 130 cm³/mol. The van der Waals surface area contributed by atoms with Gasteiger partial charge in [0.1, 0.15) is 11.8 Å². The second-order valence-corrected chi connectivity index (χ2v) is 8.81. The zero-order chi connectivity index (χ0) is 24.6. The van der Waals surface area contributed by atoms with Crippen molar-refractivity contribution >= 4 is 35.2 Å². The van der Waals surface area contributed by atoms with E-state index >= 15 is 0 Å². The smallest absolute Gasteiger partial charge is 0.233 e. The Hall–Kier alpha value is -3.35. The number of amidine groups is 1. The summed E-state index contributed by atoms with van der Waals surface area (Å²) in [4.78, 5) is 24.2. The van der Waals surface area contributed by atoms with Crippen LogP contribution in [-0.4, -0.2) is 34.5 Å². The van der Waals surface area contributed by atoms with Crippen molar-refractivity contribution in [2.24, 2.45) is 27.4 Å². The van der Waals surface area contributed by atoms with Gasteiger partial charge in [0.15, 0.2) is 0 Å². The minimum absolute atomic E-state index is 0.106. The van der Waals surface area contributed by atoms with Crippen molar-refractivity contribution in [3.05, 3.63) is 59.1 Å². The Kier molecular flexibility index (Phi) is 8.68. The molecule has 1 fully saturated rings. The fraction of sp³-hybridized carbons (Fsp3) is 0.375. The van der Waals surface area contributed by atoms with Crippen molar-refractivity contribution in [2.45, 2.75) is 50.2 Å². The summed E-state index contributed by atoms with van der Waals surface area (Å²) in [6, 6.07) is 12.7. The molecule has 1 aliphatic carbocycles. The van der Waals surface area contributed by atoms with E-state index in [1.165, 1.54) is 18.5 Å². The van der Waals surface area contributed by atoms with Gasteiger partial charge in [-0.25, -0.2) is 9.98 Å². The molecule has 0 saturated heterocycles. The van der Waals surface area contributed by atoms with Crippen LogP contribution in [0.3, 0.4) is 0 Å². The number of amides is 1. The normalized spacial score (nSPS) is 21.8. The molecule has 0 spiro atoms. The third-order valence-corrected chi connectivity index (χ3v) is 6.13. The molecule has 1 unspecified atom stereocenters. The van der Waals surface area contributed by atoms with Crippen LogP contribution in [0.2, 0.25) is 5.02 Å². The standard InChI is InChI=1S/C24H27ClFN7O/c25-17-3-1-2-16(12-17)14-31-18-4-7-24(8-5-18,9-10-27)32-15-20(23(29)34)22(28)33-19-6-11-30-21(26)13-19/h1-3,6,11-13,15,18,20,31H,4-5,7-9,14H2,(H2,29,34)(H2,28,30,33). The minimum atomic E-state index is -1.08. The third-order valence-electron chi connectivity index (χ3n) is 5.90. The molecule has 10 heteroatoms. The summed E-state index contributed by atoms with van der Waals surface area (Å²) < 4.78 is 13.3. The summed E-state index contributed by atoms with van der Waals surface area (Å²) in [7, 11) is 0. The number of nitriles is 1. The summed E-state index contributed by atoms with van der Waals surface area (Å²) in [6.07, 6.45) is 5.81. The molecular formula is C24H27ClFN7O. The highest BCUT2D eigenvalue weighted by Gasteiger charge is 2.35.